The normalized spacial score (nSPS) is 17.4. The molecular formula is C34H29NO5S. The number of aromatic nitrogens is 1. The van der Waals surface area contributed by atoms with E-state index in [1.807, 2.05) is 19.1 Å². The van der Waals surface area contributed by atoms with Crippen LogP contribution in [0.5, 0.6) is 17.2 Å². The smallest absolute Gasteiger partial charge is 0.341 e. The minimum Gasteiger partial charge on any atom is -0.486 e. The number of carbonyl (C=O) groups is 1. The van der Waals surface area contributed by atoms with E-state index in [0.717, 1.165) is 56.6 Å². The van der Waals surface area contributed by atoms with E-state index >= 15 is 0 Å². The molecule has 5 aromatic rings. The van der Waals surface area contributed by atoms with Crippen LogP contribution in [-0.4, -0.2) is 35.9 Å². The summed E-state index contributed by atoms with van der Waals surface area (Å²) in [5.41, 5.74) is 5.40. The van der Waals surface area contributed by atoms with E-state index in [4.69, 9.17) is 24.3 Å². The number of aliphatic carboxylic acids is 1. The van der Waals surface area contributed by atoms with Crippen LogP contribution in [0.4, 0.5) is 0 Å². The van der Waals surface area contributed by atoms with E-state index < -0.39 is 5.97 Å². The number of benzene rings is 4. The quantitative estimate of drug-likeness (QED) is 0.210. The van der Waals surface area contributed by atoms with E-state index in [0.29, 0.717) is 30.8 Å². The molecule has 2 heterocycles. The van der Waals surface area contributed by atoms with Crippen molar-refractivity contribution in [2.24, 2.45) is 5.92 Å². The maximum Gasteiger partial charge on any atom is 0.341 e. The molecule has 2 unspecified atom stereocenters. The van der Waals surface area contributed by atoms with Crippen LogP contribution >= 0.6 is 11.3 Å². The molecule has 2 aliphatic rings. The summed E-state index contributed by atoms with van der Waals surface area (Å²) in [7, 11) is 0. The van der Waals surface area contributed by atoms with Crippen LogP contribution in [0.2, 0.25) is 0 Å². The average molecular weight is 564 g/mol. The Morgan fingerprint density at radius 3 is 2.59 bits per heavy atom. The predicted octanol–water partition coefficient (Wildman–Crippen LogP) is 7.52. The Balaban J connectivity index is 1.18. The highest BCUT2D eigenvalue weighted by Crippen LogP contribution is 2.51. The van der Waals surface area contributed by atoms with Crippen molar-refractivity contribution < 1.29 is 24.1 Å². The summed E-state index contributed by atoms with van der Waals surface area (Å²) in [5, 5.41) is 12.5. The number of carboxylic acid groups (broad SMARTS) is 1. The summed E-state index contributed by atoms with van der Waals surface area (Å²) in [6, 6.07) is 27.3. The highest BCUT2D eigenvalue weighted by atomic mass is 32.1. The third-order valence-electron chi connectivity index (χ3n) is 7.84. The van der Waals surface area contributed by atoms with Crippen molar-refractivity contribution in [2.45, 2.75) is 25.7 Å². The number of ether oxygens (including phenoxy) is 3. The zero-order chi connectivity index (χ0) is 27.9. The fourth-order valence-corrected chi connectivity index (χ4v) is 6.85. The number of thiazole rings is 1. The molecule has 7 heteroatoms. The van der Waals surface area contributed by atoms with Gasteiger partial charge in [-0.05, 0) is 83.0 Å². The van der Waals surface area contributed by atoms with Gasteiger partial charge in [0.05, 0.1) is 15.6 Å². The predicted molar refractivity (Wildman–Crippen MR) is 160 cm³/mol. The molecule has 7 rings (SSSR count). The third kappa shape index (κ3) is 5.25. The van der Waals surface area contributed by atoms with Gasteiger partial charge in [0.25, 0.3) is 0 Å². The van der Waals surface area contributed by atoms with Crippen LogP contribution in [0.15, 0.2) is 78.9 Å². The van der Waals surface area contributed by atoms with Crippen molar-refractivity contribution in [1.82, 2.24) is 4.98 Å². The van der Waals surface area contributed by atoms with E-state index in [1.54, 1.807) is 11.3 Å². The van der Waals surface area contributed by atoms with Gasteiger partial charge >= 0.3 is 5.97 Å². The standard InChI is InChI=1S/C34H29NO5S/c1-20-14-23(8-10-28(20)40-19-32(36)37)27-16-26(27)18-31-35-33(24-9-11-29-30(17-24)39-13-12-38-29)34(41-31)25-7-6-21-4-2-3-5-22(21)15-25/h2-11,14-15,17,26-27H,12-13,16,18-19H2,1H3,(H,36,37). The largest absolute Gasteiger partial charge is 0.486 e. The number of hydrogen-bond donors (Lipinski definition) is 1. The molecule has 2 atom stereocenters. The summed E-state index contributed by atoms with van der Waals surface area (Å²) in [5.74, 6) is 2.17. The summed E-state index contributed by atoms with van der Waals surface area (Å²) >= 11 is 1.78. The van der Waals surface area contributed by atoms with E-state index in [9.17, 15) is 4.79 Å². The number of carboxylic acids is 1. The Kier molecular flexibility index (Phi) is 6.59. The Hall–Kier alpha value is -4.36. The van der Waals surface area contributed by atoms with Crippen molar-refractivity contribution in [1.29, 1.82) is 0 Å². The van der Waals surface area contributed by atoms with Gasteiger partial charge in [-0.15, -0.1) is 11.3 Å². The van der Waals surface area contributed by atoms with Gasteiger partial charge in [-0.1, -0.05) is 48.5 Å². The third-order valence-corrected chi connectivity index (χ3v) is 8.96. The zero-order valence-electron chi connectivity index (χ0n) is 22.6. The van der Waals surface area contributed by atoms with Crippen LogP contribution in [0, 0.1) is 12.8 Å². The molecule has 41 heavy (non-hydrogen) atoms. The Morgan fingerprint density at radius 2 is 1.76 bits per heavy atom. The van der Waals surface area contributed by atoms with Crippen LogP contribution < -0.4 is 14.2 Å². The lowest BCUT2D eigenvalue weighted by molar-refractivity contribution is -0.139. The lowest BCUT2D eigenvalue weighted by Crippen LogP contribution is -2.15. The zero-order valence-corrected chi connectivity index (χ0v) is 23.4. The van der Waals surface area contributed by atoms with Crippen molar-refractivity contribution in [3.05, 3.63) is 95.0 Å². The van der Waals surface area contributed by atoms with E-state index in [1.165, 1.54) is 16.3 Å². The molecule has 0 spiro atoms. The van der Waals surface area contributed by atoms with E-state index in [-0.39, 0.29) is 6.61 Å². The summed E-state index contributed by atoms with van der Waals surface area (Å²) < 4.78 is 17.1. The van der Waals surface area contributed by atoms with Gasteiger partial charge in [-0.2, -0.15) is 0 Å². The van der Waals surface area contributed by atoms with Crippen LogP contribution in [0.1, 0.15) is 28.5 Å². The molecule has 6 nitrogen and oxygen atoms in total. The number of rotatable bonds is 8. The number of fused-ring (bicyclic) bond motifs is 2. The minimum atomic E-state index is -0.974. The highest BCUT2D eigenvalue weighted by molar-refractivity contribution is 7.15. The fraction of sp³-hybridized carbons (Fsp3) is 0.235. The molecule has 1 saturated carbocycles. The second-order valence-corrected chi connectivity index (χ2v) is 11.8. The fourth-order valence-electron chi connectivity index (χ4n) is 5.67. The van der Waals surface area contributed by atoms with Crippen molar-refractivity contribution in [2.75, 3.05) is 19.8 Å². The first-order valence-corrected chi connectivity index (χ1v) is 14.7. The van der Waals surface area contributed by atoms with Crippen molar-refractivity contribution in [3.63, 3.8) is 0 Å². The van der Waals surface area contributed by atoms with E-state index in [2.05, 4.69) is 66.7 Å². The first-order chi connectivity index (χ1) is 20.0. The molecule has 1 N–H and O–H groups in total. The Morgan fingerprint density at radius 1 is 0.951 bits per heavy atom. The van der Waals surface area contributed by atoms with Gasteiger partial charge in [0, 0.05) is 12.0 Å². The first-order valence-electron chi connectivity index (χ1n) is 13.9. The monoisotopic (exact) mass is 563 g/mol. The van der Waals surface area contributed by atoms with Crippen LogP contribution in [-0.2, 0) is 11.2 Å². The first kappa shape index (κ1) is 25.6. The minimum absolute atomic E-state index is 0.332. The molecule has 4 aromatic carbocycles. The van der Waals surface area contributed by atoms with Gasteiger partial charge in [-0.25, -0.2) is 9.78 Å². The SMILES string of the molecule is Cc1cc(C2CC2Cc2nc(-c3ccc4c(c3)OCCO4)c(-c3ccc4ccccc4c3)s2)ccc1OCC(=O)O. The molecule has 1 aliphatic carbocycles. The molecule has 206 valence electrons. The topological polar surface area (TPSA) is 77.9 Å². The molecular weight excluding hydrogens is 534 g/mol. The summed E-state index contributed by atoms with van der Waals surface area (Å²) in [6.07, 6.45) is 2.02. The van der Waals surface area contributed by atoms with Gasteiger partial charge in [0.2, 0.25) is 0 Å². The number of aryl methyl sites for hydroxylation is 1. The van der Waals surface area contributed by atoms with Crippen LogP contribution in [0.25, 0.3) is 32.5 Å². The van der Waals surface area contributed by atoms with Gasteiger partial charge < -0.3 is 19.3 Å². The number of hydrogen-bond acceptors (Lipinski definition) is 6. The molecule has 0 bridgehead atoms. The average Bonchev–Trinajstić information content (AvgIpc) is 3.63. The molecule has 1 fully saturated rings. The lowest BCUT2D eigenvalue weighted by atomic mass is 10.0. The lowest BCUT2D eigenvalue weighted by Gasteiger charge is -2.18. The second-order valence-electron chi connectivity index (χ2n) is 10.7. The Bertz CT molecular complexity index is 1780. The molecule has 1 aromatic heterocycles. The maximum atomic E-state index is 10.9. The molecule has 0 radical (unpaired) electrons. The number of nitrogens with zero attached hydrogens (tertiary/aromatic N) is 1. The Labute approximate surface area is 242 Å². The highest BCUT2D eigenvalue weighted by Gasteiger charge is 2.39. The maximum absolute atomic E-state index is 10.9. The molecule has 1 aliphatic heterocycles. The summed E-state index contributed by atoms with van der Waals surface area (Å²) in [4.78, 5) is 17.2. The van der Waals surface area contributed by atoms with Crippen molar-refractivity contribution in [3.8, 4) is 38.9 Å². The second kappa shape index (κ2) is 10.6. The molecule has 0 amide bonds. The van der Waals surface area contributed by atoms with Gasteiger partial charge in [0.1, 0.15) is 19.0 Å². The van der Waals surface area contributed by atoms with Gasteiger partial charge in [-0.3, -0.25) is 0 Å². The van der Waals surface area contributed by atoms with Crippen molar-refractivity contribution >= 4 is 28.1 Å². The van der Waals surface area contributed by atoms with Crippen LogP contribution in [0.3, 0.4) is 0 Å². The summed E-state index contributed by atoms with van der Waals surface area (Å²) in [6.45, 7) is 2.75. The molecule has 0 saturated heterocycles. The van der Waals surface area contributed by atoms with Gasteiger partial charge in [0.15, 0.2) is 18.1 Å².